The van der Waals surface area contributed by atoms with E-state index in [1.54, 1.807) is 0 Å². The van der Waals surface area contributed by atoms with Gasteiger partial charge < -0.3 is 4.90 Å². The number of rotatable bonds is 2. The number of carbonyl (C=O) groups is 1. The second kappa shape index (κ2) is 5.19. The first-order valence-electron chi connectivity index (χ1n) is 5.16. The van der Waals surface area contributed by atoms with Gasteiger partial charge in [0.05, 0.1) is 18.4 Å². The van der Waals surface area contributed by atoms with Crippen LogP contribution in [0, 0.1) is 17.2 Å². The van der Waals surface area contributed by atoms with E-state index in [-0.39, 0.29) is 12.5 Å². The van der Waals surface area contributed by atoms with Crippen molar-refractivity contribution in [2.24, 2.45) is 5.92 Å². The average molecular weight is 234 g/mol. The van der Waals surface area contributed by atoms with Gasteiger partial charge in [0, 0.05) is 19.5 Å². The van der Waals surface area contributed by atoms with Crippen LogP contribution in [0.3, 0.4) is 0 Å². The number of hydrogen-bond donors (Lipinski definition) is 0. The van der Waals surface area contributed by atoms with Crippen LogP contribution in [0.4, 0.5) is 13.2 Å². The molecule has 0 aromatic heterocycles. The molecule has 0 aromatic rings. The highest BCUT2D eigenvalue weighted by molar-refractivity contribution is 5.76. The fraction of sp³-hybridized carbons (Fsp3) is 0.800. The molecule has 0 bridgehead atoms. The Morgan fingerprint density at radius 1 is 1.50 bits per heavy atom. The van der Waals surface area contributed by atoms with Crippen molar-refractivity contribution in [3.8, 4) is 6.07 Å². The van der Waals surface area contributed by atoms with Crippen LogP contribution in [-0.2, 0) is 4.79 Å². The number of amides is 1. The summed E-state index contributed by atoms with van der Waals surface area (Å²) in [7, 11) is 0. The number of likely N-dealkylation sites (tertiary alicyclic amines) is 1. The van der Waals surface area contributed by atoms with E-state index in [4.69, 9.17) is 5.26 Å². The highest BCUT2D eigenvalue weighted by Crippen LogP contribution is 2.23. The maximum Gasteiger partial charge on any atom is 0.389 e. The molecular weight excluding hydrogens is 221 g/mol. The number of carbonyl (C=O) groups excluding carboxylic acids is 1. The van der Waals surface area contributed by atoms with Crippen molar-refractivity contribution in [3.05, 3.63) is 0 Å². The summed E-state index contributed by atoms with van der Waals surface area (Å²) in [5, 5.41) is 8.68. The van der Waals surface area contributed by atoms with Gasteiger partial charge in [-0.25, -0.2) is 0 Å². The maximum atomic E-state index is 11.9. The molecule has 0 spiro atoms. The van der Waals surface area contributed by atoms with Gasteiger partial charge in [0.1, 0.15) is 0 Å². The first-order chi connectivity index (χ1) is 7.42. The summed E-state index contributed by atoms with van der Waals surface area (Å²) >= 11 is 0. The van der Waals surface area contributed by atoms with E-state index >= 15 is 0 Å². The molecule has 1 unspecified atom stereocenters. The largest absolute Gasteiger partial charge is 0.389 e. The number of nitriles is 1. The third-order valence-corrected chi connectivity index (χ3v) is 2.58. The predicted molar refractivity (Wildman–Crippen MR) is 50.2 cm³/mol. The SMILES string of the molecule is N#CC1CCCN(C(=O)CCC(F)(F)F)C1. The minimum absolute atomic E-state index is 0.233. The van der Waals surface area contributed by atoms with Gasteiger partial charge in [0.15, 0.2) is 0 Å². The molecule has 1 aliphatic heterocycles. The lowest BCUT2D eigenvalue weighted by atomic mass is 9.99. The molecular formula is C10H13F3N2O. The van der Waals surface area contributed by atoms with Gasteiger partial charge in [0.25, 0.3) is 0 Å². The monoisotopic (exact) mass is 234 g/mol. The fourth-order valence-electron chi connectivity index (χ4n) is 1.72. The molecule has 1 atom stereocenters. The normalized spacial score (nSPS) is 21.6. The van der Waals surface area contributed by atoms with Crippen LogP contribution in [0.1, 0.15) is 25.7 Å². The summed E-state index contributed by atoms with van der Waals surface area (Å²) in [6, 6.07) is 2.04. The quantitative estimate of drug-likeness (QED) is 0.734. The Morgan fingerprint density at radius 2 is 2.19 bits per heavy atom. The van der Waals surface area contributed by atoms with Gasteiger partial charge in [-0.2, -0.15) is 18.4 Å². The van der Waals surface area contributed by atoms with Crippen molar-refractivity contribution in [2.75, 3.05) is 13.1 Å². The summed E-state index contributed by atoms with van der Waals surface area (Å²) in [4.78, 5) is 12.8. The number of halogens is 3. The summed E-state index contributed by atoms with van der Waals surface area (Å²) in [5.41, 5.74) is 0. The van der Waals surface area contributed by atoms with Crippen LogP contribution in [0.15, 0.2) is 0 Å². The van der Waals surface area contributed by atoms with E-state index in [1.807, 2.05) is 6.07 Å². The molecule has 0 radical (unpaired) electrons. The van der Waals surface area contributed by atoms with Gasteiger partial charge >= 0.3 is 6.18 Å². The summed E-state index contributed by atoms with van der Waals surface area (Å²) in [5.74, 6) is -0.735. The van der Waals surface area contributed by atoms with E-state index < -0.39 is 24.9 Å². The van der Waals surface area contributed by atoms with E-state index in [2.05, 4.69) is 0 Å². The minimum atomic E-state index is -4.29. The molecule has 1 rings (SSSR count). The molecule has 1 saturated heterocycles. The van der Waals surface area contributed by atoms with Gasteiger partial charge in [-0.1, -0.05) is 0 Å². The molecule has 1 fully saturated rings. The number of alkyl halides is 3. The Hall–Kier alpha value is -1.25. The molecule has 0 aliphatic carbocycles. The summed E-state index contributed by atoms with van der Waals surface area (Å²) in [6.07, 6.45) is -4.48. The topological polar surface area (TPSA) is 44.1 Å². The van der Waals surface area contributed by atoms with Gasteiger partial charge in [-0.05, 0) is 12.8 Å². The molecule has 6 heteroatoms. The first-order valence-corrected chi connectivity index (χ1v) is 5.16. The fourth-order valence-corrected chi connectivity index (χ4v) is 1.72. The highest BCUT2D eigenvalue weighted by atomic mass is 19.4. The second-order valence-electron chi connectivity index (χ2n) is 3.92. The first kappa shape index (κ1) is 12.8. The van der Waals surface area contributed by atoms with Crippen LogP contribution in [0.2, 0.25) is 0 Å². The van der Waals surface area contributed by atoms with Crippen molar-refractivity contribution in [1.29, 1.82) is 5.26 Å². The molecule has 0 aromatic carbocycles. The molecule has 0 N–H and O–H groups in total. The maximum absolute atomic E-state index is 11.9. The molecule has 16 heavy (non-hydrogen) atoms. The van der Waals surface area contributed by atoms with Crippen LogP contribution in [0.5, 0.6) is 0 Å². The molecule has 1 aliphatic rings. The molecule has 1 heterocycles. The Kier molecular flexibility index (Phi) is 4.16. The standard InChI is InChI=1S/C10H13F3N2O/c11-10(12,13)4-3-9(16)15-5-1-2-8(6-14)7-15/h8H,1-5,7H2. The third kappa shape index (κ3) is 4.09. The van der Waals surface area contributed by atoms with Crippen LogP contribution >= 0.6 is 0 Å². The predicted octanol–water partition coefficient (Wildman–Crippen LogP) is 2.09. The van der Waals surface area contributed by atoms with Crippen molar-refractivity contribution in [1.82, 2.24) is 4.90 Å². The van der Waals surface area contributed by atoms with E-state index in [1.165, 1.54) is 4.90 Å². The van der Waals surface area contributed by atoms with Crippen molar-refractivity contribution >= 4 is 5.91 Å². The third-order valence-electron chi connectivity index (χ3n) is 2.58. The van der Waals surface area contributed by atoms with Crippen molar-refractivity contribution in [3.63, 3.8) is 0 Å². The zero-order valence-corrected chi connectivity index (χ0v) is 8.76. The second-order valence-corrected chi connectivity index (χ2v) is 3.92. The van der Waals surface area contributed by atoms with Gasteiger partial charge in [-0.15, -0.1) is 0 Å². The number of hydrogen-bond acceptors (Lipinski definition) is 2. The van der Waals surface area contributed by atoms with Gasteiger partial charge in [0.2, 0.25) is 5.91 Å². The van der Waals surface area contributed by atoms with Crippen LogP contribution in [0.25, 0.3) is 0 Å². The Bertz CT molecular complexity index is 295. The smallest absolute Gasteiger partial charge is 0.341 e. The lowest BCUT2D eigenvalue weighted by Gasteiger charge is -2.29. The van der Waals surface area contributed by atoms with E-state index in [9.17, 15) is 18.0 Å². The molecule has 0 saturated carbocycles. The number of piperidine rings is 1. The Labute approximate surface area is 91.8 Å². The Balaban J connectivity index is 2.39. The number of nitrogens with zero attached hydrogens (tertiary/aromatic N) is 2. The zero-order valence-electron chi connectivity index (χ0n) is 8.76. The molecule has 90 valence electrons. The van der Waals surface area contributed by atoms with Crippen LogP contribution in [-0.4, -0.2) is 30.1 Å². The lowest BCUT2D eigenvalue weighted by Crippen LogP contribution is -2.39. The van der Waals surface area contributed by atoms with Crippen LogP contribution < -0.4 is 0 Å². The van der Waals surface area contributed by atoms with E-state index in [0.717, 1.165) is 6.42 Å². The summed E-state index contributed by atoms with van der Waals surface area (Å²) in [6.45, 7) is 0.738. The highest BCUT2D eigenvalue weighted by Gasteiger charge is 2.30. The van der Waals surface area contributed by atoms with Crippen molar-refractivity contribution in [2.45, 2.75) is 31.9 Å². The Morgan fingerprint density at radius 3 is 2.75 bits per heavy atom. The molecule has 3 nitrogen and oxygen atoms in total. The van der Waals surface area contributed by atoms with Gasteiger partial charge in [-0.3, -0.25) is 4.79 Å². The average Bonchev–Trinajstić information content (AvgIpc) is 2.25. The lowest BCUT2D eigenvalue weighted by molar-refractivity contribution is -0.149. The van der Waals surface area contributed by atoms with E-state index in [0.29, 0.717) is 13.0 Å². The molecule has 1 amide bonds. The minimum Gasteiger partial charge on any atom is -0.341 e. The zero-order chi connectivity index (χ0) is 12.2. The summed E-state index contributed by atoms with van der Waals surface area (Å²) < 4.78 is 35.7. The van der Waals surface area contributed by atoms with Crippen molar-refractivity contribution < 1.29 is 18.0 Å².